The van der Waals surface area contributed by atoms with E-state index < -0.39 is 11.0 Å². The van der Waals surface area contributed by atoms with E-state index >= 15 is 0 Å². The molecule has 9 heteroatoms. The van der Waals surface area contributed by atoms with Crippen LogP contribution in [0.5, 0.6) is 5.75 Å². The molecule has 7 nitrogen and oxygen atoms in total. The molecular weight excluding hydrogens is 381 g/mol. The van der Waals surface area contributed by atoms with E-state index in [1.54, 1.807) is 18.2 Å². The van der Waals surface area contributed by atoms with Crippen molar-refractivity contribution in [2.24, 2.45) is 5.10 Å². The number of nitro groups is 1. The van der Waals surface area contributed by atoms with Crippen LogP contribution in [0.2, 0.25) is 10.0 Å². The Labute approximate surface area is 158 Å². The Morgan fingerprint density at radius 3 is 2.69 bits per heavy atom. The molecule has 2 aromatic rings. The standard InChI is InChI=1S/C17H13Cl2N3O4/c1-9(23)21-16(11-4-2-3-5-15(11)22(25)26)8-14(20-21)12-6-10(18)7-13(19)17(12)24/h2-7,16,24H,8H2,1H3. The van der Waals surface area contributed by atoms with Crippen LogP contribution < -0.4 is 0 Å². The molecule has 1 heterocycles. The van der Waals surface area contributed by atoms with Crippen LogP contribution in [0.1, 0.15) is 30.5 Å². The van der Waals surface area contributed by atoms with E-state index in [0.717, 1.165) is 0 Å². The first-order valence-electron chi connectivity index (χ1n) is 7.58. The van der Waals surface area contributed by atoms with Crippen LogP contribution in [0.15, 0.2) is 41.5 Å². The van der Waals surface area contributed by atoms with Crippen LogP contribution in [-0.4, -0.2) is 26.7 Å². The summed E-state index contributed by atoms with van der Waals surface area (Å²) in [6, 6.07) is 8.38. The summed E-state index contributed by atoms with van der Waals surface area (Å²) in [5.41, 5.74) is 0.910. The predicted octanol–water partition coefficient (Wildman–Crippen LogP) is 4.30. The molecule has 0 radical (unpaired) electrons. The maximum Gasteiger partial charge on any atom is 0.274 e. The Kier molecular flexibility index (Phi) is 4.84. The number of para-hydroxylation sites is 1. The van der Waals surface area contributed by atoms with E-state index in [1.807, 2.05) is 0 Å². The third kappa shape index (κ3) is 3.23. The highest BCUT2D eigenvalue weighted by Gasteiger charge is 2.36. The molecule has 0 aromatic heterocycles. The normalized spacial score (nSPS) is 16.5. The van der Waals surface area contributed by atoms with Gasteiger partial charge in [-0.05, 0) is 18.2 Å². The number of phenolic OH excluding ortho intramolecular Hbond substituents is 1. The van der Waals surface area contributed by atoms with Crippen molar-refractivity contribution in [2.45, 2.75) is 19.4 Å². The van der Waals surface area contributed by atoms with Crippen LogP contribution in [0.25, 0.3) is 0 Å². The third-order valence-electron chi connectivity index (χ3n) is 4.06. The van der Waals surface area contributed by atoms with E-state index in [9.17, 15) is 20.0 Å². The number of phenols is 1. The van der Waals surface area contributed by atoms with Crippen LogP contribution in [0.3, 0.4) is 0 Å². The number of hydrazone groups is 1. The Hall–Kier alpha value is -2.64. The lowest BCUT2D eigenvalue weighted by atomic mass is 9.96. The summed E-state index contributed by atoms with van der Waals surface area (Å²) in [6.45, 7) is 1.32. The number of amides is 1. The van der Waals surface area contributed by atoms with Gasteiger partial charge in [-0.3, -0.25) is 14.9 Å². The molecule has 3 rings (SSSR count). The van der Waals surface area contributed by atoms with Crippen molar-refractivity contribution < 1.29 is 14.8 Å². The lowest BCUT2D eigenvalue weighted by molar-refractivity contribution is -0.385. The van der Waals surface area contributed by atoms with Crippen molar-refractivity contribution in [2.75, 3.05) is 0 Å². The molecule has 0 fully saturated rings. The molecular formula is C17H13Cl2N3O4. The molecule has 0 spiro atoms. The predicted molar refractivity (Wildman–Crippen MR) is 97.6 cm³/mol. The highest BCUT2D eigenvalue weighted by atomic mass is 35.5. The summed E-state index contributed by atoms with van der Waals surface area (Å²) in [6.07, 6.45) is 0.175. The van der Waals surface area contributed by atoms with E-state index in [2.05, 4.69) is 5.10 Å². The number of hydrogen-bond acceptors (Lipinski definition) is 5. The van der Waals surface area contributed by atoms with Crippen molar-refractivity contribution in [1.82, 2.24) is 5.01 Å². The summed E-state index contributed by atoms with van der Waals surface area (Å²) < 4.78 is 0. The highest BCUT2D eigenvalue weighted by molar-refractivity contribution is 6.36. The van der Waals surface area contributed by atoms with E-state index in [4.69, 9.17) is 23.2 Å². The molecule has 0 bridgehead atoms. The third-order valence-corrected chi connectivity index (χ3v) is 4.57. The van der Waals surface area contributed by atoms with Crippen LogP contribution in [0.4, 0.5) is 5.69 Å². The number of nitro benzene ring substituents is 1. The van der Waals surface area contributed by atoms with Crippen LogP contribution >= 0.6 is 23.2 Å². The monoisotopic (exact) mass is 393 g/mol. The molecule has 0 saturated heterocycles. The number of hydrogen-bond donors (Lipinski definition) is 1. The van der Waals surface area contributed by atoms with Crippen molar-refractivity contribution >= 4 is 40.5 Å². The first kappa shape index (κ1) is 18.2. The molecule has 0 aliphatic carbocycles. The summed E-state index contributed by atoms with van der Waals surface area (Å²) in [4.78, 5) is 22.9. The fraction of sp³-hybridized carbons (Fsp3) is 0.176. The van der Waals surface area contributed by atoms with Crippen molar-refractivity contribution in [3.63, 3.8) is 0 Å². The molecule has 1 unspecified atom stereocenters. The zero-order valence-electron chi connectivity index (χ0n) is 13.5. The molecule has 1 N–H and O–H groups in total. The Morgan fingerprint density at radius 1 is 1.35 bits per heavy atom. The minimum Gasteiger partial charge on any atom is -0.506 e. The number of carbonyl (C=O) groups excluding carboxylic acids is 1. The molecule has 1 aliphatic rings. The fourth-order valence-electron chi connectivity index (χ4n) is 2.93. The maximum atomic E-state index is 12.0. The fourth-order valence-corrected chi connectivity index (χ4v) is 3.42. The van der Waals surface area contributed by atoms with Crippen LogP contribution in [-0.2, 0) is 4.79 Å². The summed E-state index contributed by atoms with van der Waals surface area (Å²) >= 11 is 12.0. The van der Waals surface area contributed by atoms with Gasteiger partial charge in [0, 0.05) is 30.0 Å². The van der Waals surface area contributed by atoms with Gasteiger partial charge in [-0.15, -0.1) is 0 Å². The number of nitrogens with zero attached hydrogens (tertiary/aromatic N) is 3. The second kappa shape index (κ2) is 6.93. The second-order valence-electron chi connectivity index (χ2n) is 5.73. The number of benzene rings is 2. The van der Waals surface area contributed by atoms with Crippen LogP contribution in [0, 0.1) is 10.1 Å². The average molecular weight is 394 g/mol. The van der Waals surface area contributed by atoms with Gasteiger partial charge >= 0.3 is 0 Å². The largest absolute Gasteiger partial charge is 0.506 e. The Bertz CT molecular complexity index is 946. The van der Waals surface area contributed by atoms with Gasteiger partial charge in [0.2, 0.25) is 5.91 Å². The Balaban J connectivity index is 2.08. The SMILES string of the molecule is CC(=O)N1N=C(c2cc(Cl)cc(Cl)c2O)CC1c1ccccc1[N+](=O)[O-]. The minimum atomic E-state index is -0.666. The second-order valence-corrected chi connectivity index (χ2v) is 6.57. The topological polar surface area (TPSA) is 96.0 Å². The molecule has 26 heavy (non-hydrogen) atoms. The lowest BCUT2D eigenvalue weighted by Crippen LogP contribution is -2.24. The van der Waals surface area contributed by atoms with Crippen molar-refractivity contribution in [3.05, 3.63) is 67.7 Å². The van der Waals surface area contributed by atoms with E-state index in [-0.39, 0.29) is 34.4 Å². The molecule has 134 valence electrons. The van der Waals surface area contributed by atoms with E-state index in [1.165, 1.54) is 30.1 Å². The highest BCUT2D eigenvalue weighted by Crippen LogP contribution is 2.40. The molecule has 1 aliphatic heterocycles. The quantitative estimate of drug-likeness (QED) is 0.620. The summed E-state index contributed by atoms with van der Waals surface area (Å²) in [5.74, 6) is -0.586. The molecule has 1 amide bonds. The van der Waals surface area contributed by atoms with Gasteiger partial charge in [0.05, 0.1) is 27.3 Å². The lowest BCUT2D eigenvalue weighted by Gasteiger charge is -2.20. The van der Waals surface area contributed by atoms with Crippen molar-refractivity contribution in [3.8, 4) is 5.75 Å². The summed E-state index contributed by atoms with van der Waals surface area (Å²) in [5, 5.41) is 27.4. The van der Waals surface area contributed by atoms with Gasteiger partial charge in [-0.2, -0.15) is 5.10 Å². The zero-order valence-corrected chi connectivity index (χ0v) is 15.0. The van der Waals surface area contributed by atoms with Crippen molar-refractivity contribution in [1.29, 1.82) is 0 Å². The number of halogens is 2. The zero-order chi connectivity index (χ0) is 19.0. The number of carbonyl (C=O) groups is 1. The smallest absolute Gasteiger partial charge is 0.274 e. The number of aromatic hydroxyl groups is 1. The Morgan fingerprint density at radius 2 is 2.04 bits per heavy atom. The minimum absolute atomic E-state index is 0.0544. The van der Waals surface area contributed by atoms with Gasteiger partial charge in [0.1, 0.15) is 5.75 Å². The van der Waals surface area contributed by atoms with Gasteiger partial charge in [0.25, 0.3) is 5.69 Å². The van der Waals surface area contributed by atoms with Gasteiger partial charge < -0.3 is 5.11 Å². The number of rotatable bonds is 3. The summed E-state index contributed by atoms with van der Waals surface area (Å²) in [7, 11) is 0. The van der Waals surface area contributed by atoms with Gasteiger partial charge in [-0.25, -0.2) is 5.01 Å². The van der Waals surface area contributed by atoms with E-state index in [0.29, 0.717) is 16.3 Å². The first-order chi connectivity index (χ1) is 12.3. The molecule has 1 atom stereocenters. The molecule has 0 saturated carbocycles. The van der Waals surface area contributed by atoms with Gasteiger partial charge in [-0.1, -0.05) is 35.3 Å². The maximum absolute atomic E-state index is 12.0. The first-order valence-corrected chi connectivity index (χ1v) is 8.34. The van der Waals surface area contributed by atoms with Gasteiger partial charge in [0.15, 0.2) is 0 Å². The molecule has 2 aromatic carbocycles. The average Bonchev–Trinajstić information content (AvgIpc) is 3.03.